The first-order valence-electron chi connectivity index (χ1n) is 7.79. The predicted molar refractivity (Wildman–Crippen MR) is 85.9 cm³/mol. The van der Waals surface area contributed by atoms with Crippen LogP contribution in [0.2, 0.25) is 0 Å². The van der Waals surface area contributed by atoms with Gasteiger partial charge in [-0.25, -0.2) is 4.39 Å². The highest BCUT2D eigenvalue weighted by Gasteiger charge is 2.24. The van der Waals surface area contributed by atoms with Gasteiger partial charge in [0.2, 0.25) is 0 Å². The fourth-order valence-electron chi connectivity index (χ4n) is 2.89. The van der Waals surface area contributed by atoms with E-state index in [4.69, 9.17) is 10.5 Å². The molecule has 0 saturated carbocycles. The van der Waals surface area contributed by atoms with Gasteiger partial charge >= 0.3 is 0 Å². The highest BCUT2D eigenvalue weighted by atomic mass is 19.1. The van der Waals surface area contributed by atoms with Crippen LogP contribution in [0.1, 0.15) is 43.9 Å². The van der Waals surface area contributed by atoms with Gasteiger partial charge in [-0.15, -0.1) is 0 Å². The number of aryl methyl sites for hydroxylation is 1. The Kier molecular flexibility index (Phi) is 7.86. The Balaban J connectivity index is 3.06. The lowest BCUT2D eigenvalue weighted by Crippen LogP contribution is -2.42. The zero-order valence-corrected chi connectivity index (χ0v) is 13.7. The first-order chi connectivity index (χ1) is 10.1. The SMILES string of the molecule is CCC(CC)N(CCOC)C(CN)c1ccc(F)c(C)c1. The van der Waals surface area contributed by atoms with Crippen molar-refractivity contribution in [3.63, 3.8) is 0 Å². The topological polar surface area (TPSA) is 38.5 Å². The van der Waals surface area contributed by atoms with E-state index in [1.807, 2.05) is 12.1 Å². The maximum atomic E-state index is 13.5. The van der Waals surface area contributed by atoms with Crippen LogP contribution in [0, 0.1) is 12.7 Å². The van der Waals surface area contributed by atoms with E-state index in [0.717, 1.165) is 24.9 Å². The Morgan fingerprint density at radius 3 is 2.43 bits per heavy atom. The summed E-state index contributed by atoms with van der Waals surface area (Å²) in [7, 11) is 1.71. The van der Waals surface area contributed by atoms with E-state index in [2.05, 4.69) is 18.7 Å². The van der Waals surface area contributed by atoms with Crippen LogP contribution in [0.4, 0.5) is 4.39 Å². The number of rotatable bonds is 9. The van der Waals surface area contributed by atoms with E-state index in [9.17, 15) is 4.39 Å². The van der Waals surface area contributed by atoms with Crippen molar-refractivity contribution in [1.82, 2.24) is 4.90 Å². The van der Waals surface area contributed by atoms with Crippen molar-refractivity contribution in [2.45, 2.75) is 45.7 Å². The minimum Gasteiger partial charge on any atom is -0.383 e. The van der Waals surface area contributed by atoms with Crippen LogP contribution in [0.15, 0.2) is 18.2 Å². The quantitative estimate of drug-likeness (QED) is 0.760. The second-order valence-corrected chi connectivity index (χ2v) is 5.46. The molecule has 0 aromatic heterocycles. The predicted octanol–water partition coefficient (Wildman–Crippen LogP) is 3.27. The number of benzene rings is 1. The fourth-order valence-corrected chi connectivity index (χ4v) is 2.89. The summed E-state index contributed by atoms with van der Waals surface area (Å²) in [6.07, 6.45) is 2.13. The molecule has 0 spiro atoms. The summed E-state index contributed by atoms with van der Waals surface area (Å²) in [5.41, 5.74) is 7.79. The van der Waals surface area contributed by atoms with Crippen molar-refractivity contribution < 1.29 is 9.13 Å². The van der Waals surface area contributed by atoms with Gasteiger partial charge in [-0.05, 0) is 37.0 Å². The molecule has 0 saturated heterocycles. The van der Waals surface area contributed by atoms with Gasteiger partial charge in [-0.3, -0.25) is 4.90 Å². The first kappa shape index (κ1) is 18.1. The number of nitrogens with two attached hydrogens (primary N) is 1. The van der Waals surface area contributed by atoms with Crippen LogP contribution in [0.25, 0.3) is 0 Å². The Bertz CT molecular complexity index is 421. The number of nitrogens with zero attached hydrogens (tertiary/aromatic N) is 1. The van der Waals surface area contributed by atoms with Crippen molar-refractivity contribution in [2.24, 2.45) is 5.73 Å². The van der Waals surface area contributed by atoms with Gasteiger partial charge in [-0.1, -0.05) is 26.0 Å². The molecule has 1 atom stereocenters. The third-order valence-corrected chi connectivity index (χ3v) is 4.16. The van der Waals surface area contributed by atoms with Crippen molar-refractivity contribution >= 4 is 0 Å². The molecule has 21 heavy (non-hydrogen) atoms. The normalized spacial score (nSPS) is 13.1. The molecule has 4 heteroatoms. The molecular formula is C17H29FN2O. The Labute approximate surface area is 128 Å². The summed E-state index contributed by atoms with van der Waals surface area (Å²) in [4.78, 5) is 2.40. The number of ether oxygens (including phenoxy) is 1. The molecule has 3 nitrogen and oxygen atoms in total. The van der Waals surface area contributed by atoms with Gasteiger partial charge in [0.05, 0.1) is 6.61 Å². The highest BCUT2D eigenvalue weighted by molar-refractivity contribution is 5.27. The maximum absolute atomic E-state index is 13.5. The Hall–Kier alpha value is -0.970. The van der Waals surface area contributed by atoms with Gasteiger partial charge in [0.15, 0.2) is 0 Å². The molecule has 1 aromatic rings. The van der Waals surface area contributed by atoms with E-state index in [-0.39, 0.29) is 11.9 Å². The lowest BCUT2D eigenvalue weighted by molar-refractivity contribution is 0.0817. The number of hydrogen-bond donors (Lipinski definition) is 1. The van der Waals surface area contributed by atoms with Crippen molar-refractivity contribution in [3.8, 4) is 0 Å². The summed E-state index contributed by atoms with van der Waals surface area (Å²) in [5.74, 6) is -0.166. The molecule has 0 radical (unpaired) electrons. The molecule has 120 valence electrons. The summed E-state index contributed by atoms with van der Waals surface area (Å²) in [6.45, 7) is 8.21. The van der Waals surface area contributed by atoms with Crippen molar-refractivity contribution in [3.05, 3.63) is 35.1 Å². The molecule has 0 fully saturated rings. The summed E-state index contributed by atoms with van der Waals surface area (Å²) >= 11 is 0. The second-order valence-electron chi connectivity index (χ2n) is 5.46. The summed E-state index contributed by atoms with van der Waals surface area (Å²) in [6, 6.07) is 5.86. The first-order valence-corrected chi connectivity index (χ1v) is 7.79. The molecule has 0 bridgehead atoms. The second kappa shape index (κ2) is 9.13. The molecule has 0 aliphatic heterocycles. The molecule has 0 amide bonds. The van der Waals surface area contributed by atoms with Crippen LogP contribution >= 0.6 is 0 Å². The summed E-state index contributed by atoms with van der Waals surface area (Å²) in [5, 5.41) is 0. The lowest BCUT2D eigenvalue weighted by Gasteiger charge is -2.37. The van der Waals surface area contributed by atoms with Crippen LogP contribution in [0.3, 0.4) is 0 Å². The zero-order valence-electron chi connectivity index (χ0n) is 13.7. The number of halogens is 1. The fraction of sp³-hybridized carbons (Fsp3) is 0.647. The molecule has 0 aliphatic rings. The molecule has 1 unspecified atom stereocenters. The Morgan fingerprint density at radius 1 is 1.29 bits per heavy atom. The van der Waals surface area contributed by atoms with Gasteiger partial charge in [-0.2, -0.15) is 0 Å². The average Bonchev–Trinajstić information content (AvgIpc) is 2.49. The summed E-state index contributed by atoms with van der Waals surface area (Å²) < 4.78 is 18.7. The maximum Gasteiger partial charge on any atom is 0.126 e. The average molecular weight is 296 g/mol. The monoisotopic (exact) mass is 296 g/mol. The minimum atomic E-state index is -0.166. The number of methoxy groups -OCH3 is 1. The van der Waals surface area contributed by atoms with Crippen LogP contribution in [0.5, 0.6) is 0 Å². The van der Waals surface area contributed by atoms with Gasteiger partial charge < -0.3 is 10.5 Å². The van der Waals surface area contributed by atoms with E-state index >= 15 is 0 Å². The van der Waals surface area contributed by atoms with E-state index < -0.39 is 0 Å². The van der Waals surface area contributed by atoms with Crippen molar-refractivity contribution in [2.75, 3.05) is 26.8 Å². The van der Waals surface area contributed by atoms with Gasteiger partial charge in [0.1, 0.15) is 5.82 Å². The zero-order chi connectivity index (χ0) is 15.8. The molecule has 1 aromatic carbocycles. The van der Waals surface area contributed by atoms with Crippen LogP contribution < -0.4 is 5.73 Å². The van der Waals surface area contributed by atoms with E-state index in [0.29, 0.717) is 24.8 Å². The Morgan fingerprint density at radius 2 is 1.95 bits per heavy atom. The van der Waals surface area contributed by atoms with Crippen molar-refractivity contribution in [1.29, 1.82) is 0 Å². The molecular weight excluding hydrogens is 267 g/mol. The highest BCUT2D eigenvalue weighted by Crippen LogP contribution is 2.26. The van der Waals surface area contributed by atoms with Crippen LogP contribution in [-0.4, -0.2) is 37.7 Å². The lowest BCUT2D eigenvalue weighted by atomic mass is 9.99. The third kappa shape index (κ3) is 4.77. The smallest absolute Gasteiger partial charge is 0.126 e. The van der Waals surface area contributed by atoms with Gasteiger partial charge in [0, 0.05) is 32.3 Å². The largest absolute Gasteiger partial charge is 0.383 e. The van der Waals surface area contributed by atoms with E-state index in [1.165, 1.54) is 6.07 Å². The molecule has 2 N–H and O–H groups in total. The molecule has 0 aliphatic carbocycles. The number of hydrogen-bond acceptors (Lipinski definition) is 3. The van der Waals surface area contributed by atoms with Crippen LogP contribution in [-0.2, 0) is 4.74 Å². The third-order valence-electron chi connectivity index (χ3n) is 4.16. The van der Waals surface area contributed by atoms with Gasteiger partial charge in [0.25, 0.3) is 0 Å². The molecule has 0 heterocycles. The molecule has 1 rings (SSSR count). The standard InChI is InChI=1S/C17H29FN2O/c1-5-15(6-2)20(9-10-21-4)17(12-19)14-7-8-16(18)13(3)11-14/h7-8,11,15,17H,5-6,9-10,12,19H2,1-4H3. The minimum absolute atomic E-state index is 0.101. The van der Waals surface area contributed by atoms with E-state index in [1.54, 1.807) is 14.0 Å².